The van der Waals surface area contributed by atoms with Crippen molar-refractivity contribution in [1.82, 2.24) is 5.32 Å². The minimum atomic E-state index is 0.946. The molecule has 0 saturated heterocycles. The molecule has 0 aliphatic heterocycles. The smallest absolute Gasteiger partial charge is 0.0214 e. The largest absolute Gasteiger partial charge is 0.319 e. The Bertz CT molecular complexity index is 187. The predicted molar refractivity (Wildman–Crippen MR) is 57.4 cm³/mol. The third kappa shape index (κ3) is 4.33. The highest BCUT2D eigenvalue weighted by atomic mass is 14.8. The molecule has 1 fully saturated rings. The molecule has 0 amide bonds. The standard InChI is InChI=1S/C12H21N/c1-3-7-11-10-12(11)8-5-4-6-9-13-2/h11-13H,3,6-10H2,1-2H3. The van der Waals surface area contributed by atoms with E-state index >= 15 is 0 Å². The summed E-state index contributed by atoms with van der Waals surface area (Å²) in [5.74, 6) is 8.45. The fourth-order valence-corrected chi connectivity index (χ4v) is 1.76. The first-order valence-corrected chi connectivity index (χ1v) is 5.48. The number of hydrogen-bond donors (Lipinski definition) is 1. The second-order valence-corrected chi connectivity index (χ2v) is 3.96. The summed E-state index contributed by atoms with van der Waals surface area (Å²) < 4.78 is 0. The van der Waals surface area contributed by atoms with Crippen LogP contribution in [-0.4, -0.2) is 13.6 Å². The highest BCUT2D eigenvalue weighted by molar-refractivity contribution is 5.04. The lowest BCUT2D eigenvalue weighted by atomic mass is 10.1. The van der Waals surface area contributed by atoms with Crippen LogP contribution in [0.1, 0.15) is 39.0 Å². The van der Waals surface area contributed by atoms with Crippen LogP contribution in [0, 0.1) is 23.7 Å². The van der Waals surface area contributed by atoms with Gasteiger partial charge in [0, 0.05) is 19.4 Å². The second kappa shape index (κ2) is 6.05. The van der Waals surface area contributed by atoms with Crippen LogP contribution < -0.4 is 5.32 Å². The highest BCUT2D eigenvalue weighted by Crippen LogP contribution is 2.43. The highest BCUT2D eigenvalue weighted by Gasteiger charge is 2.34. The molecule has 1 N–H and O–H groups in total. The summed E-state index contributed by atoms with van der Waals surface area (Å²) in [5.41, 5.74) is 0. The molecule has 0 aromatic carbocycles. The minimum absolute atomic E-state index is 0.946. The van der Waals surface area contributed by atoms with E-state index < -0.39 is 0 Å². The van der Waals surface area contributed by atoms with Gasteiger partial charge in [-0.05, 0) is 25.3 Å². The van der Waals surface area contributed by atoms with E-state index in [9.17, 15) is 0 Å². The summed E-state index contributed by atoms with van der Waals surface area (Å²) >= 11 is 0. The van der Waals surface area contributed by atoms with Gasteiger partial charge in [0.15, 0.2) is 0 Å². The van der Waals surface area contributed by atoms with Gasteiger partial charge in [0.2, 0.25) is 0 Å². The molecule has 0 aromatic heterocycles. The van der Waals surface area contributed by atoms with Crippen LogP contribution >= 0.6 is 0 Å². The van der Waals surface area contributed by atoms with E-state index in [-0.39, 0.29) is 0 Å². The lowest BCUT2D eigenvalue weighted by Gasteiger charge is -1.91. The molecule has 1 aliphatic carbocycles. The Morgan fingerprint density at radius 3 is 2.85 bits per heavy atom. The zero-order valence-electron chi connectivity index (χ0n) is 8.90. The van der Waals surface area contributed by atoms with E-state index in [1.54, 1.807) is 0 Å². The fourth-order valence-electron chi connectivity index (χ4n) is 1.76. The van der Waals surface area contributed by atoms with Crippen LogP contribution in [0.3, 0.4) is 0 Å². The van der Waals surface area contributed by atoms with E-state index in [0.717, 1.165) is 31.2 Å². The molecule has 1 saturated carbocycles. The average molecular weight is 179 g/mol. The Morgan fingerprint density at radius 2 is 2.15 bits per heavy atom. The molecule has 1 nitrogen and oxygen atoms in total. The summed E-state index contributed by atoms with van der Waals surface area (Å²) in [6.45, 7) is 3.30. The lowest BCUT2D eigenvalue weighted by molar-refractivity contribution is 0.641. The topological polar surface area (TPSA) is 12.0 Å². The lowest BCUT2D eigenvalue weighted by Crippen LogP contribution is -2.05. The van der Waals surface area contributed by atoms with Crippen molar-refractivity contribution in [3.8, 4) is 11.8 Å². The molecule has 0 spiro atoms. The van der Waals surface area contributed by atoms with Crippen LogP contribution in [0.25, 0.3) is 0 Å². The van der Waals surface area contributed by atoms with Gasteiger partial charge in [-0.15, -0.1) is 11.8 Å². The molecule has 0 heterocycles. The first-order chi connectivity index (χ1) is 6.38. The van der Waals surface area contributed by atoms with Gasteiger partial charge in [-0.3, -0.25) is 0 Å². The molecular formula is C12H21N. The number of hydrogen-bond acceptors (Lipinski definition) is 1. The second-order valence-electron chi connectivity index (χ2n) is 3.96. The van der Waals surface area contributed by atoms with Crippen molar-refractivity contribution in [2.45, 2.75) is 39.0 Å². The van der Waals surface area contributed by atoms with Gasteiger partial charge in [-0.2, -0.15) is 0 Å². The maximum Gasteiger partial charge on any atom is 0.0214 e. The molecule has 13 heavy (non-hydrogen) atoms. The molecule has 2 atom stereocenters. The maximum atomic E-state index is 3.28. The van der Waals surface area contributed by atoms with Crippen molar-refractivity contribution in [3.05, 3.63) is 0 Å². The van der Waals surface area contributed by atoms with Crippen molar-refractivity contribution < 1.29 is 0 Å². The van der Waals surface area contributed by atoms with Gasteiger partial charge in [0.05, 0.1) is 0 Å². The first kappa shape index (κ1) is 10.6. The quantitative estimate of drug-likeness (QED) is 0.505. The summed E-state index contributed by atoms with van der Waals surface area (Å²) in [6, 6.07) is 0. The van der Waals surface area contributed by atoms with Crippen LogP contribution in [-0.2, 0) is 0 Å². The predicted octanol–water partition coefficient (Wildman–Crippen LogP) is 2.43. The molecular weight excluding hydrogens is 158 g/mol. The Hall–Kier alpha value is -0.480. The summed E-state index contributed by atoms with van der Waals surface area (Å²) in [6.07, 6.45) is 6.35. The molecule has 1 heteroatoms. The Morgan fingerprint density at radius 1 is 1.31 bits per heavy atom. The number of rotatable bonds is 5. The van der Waals surface area contributed by atoms with Gasteiger partial charge in [0.1, 0.15) is 0 Å². The Kier molecular flexibility index (Phi) is 4.93. The van der Waals surface area contributed by atoms with Crippen molar-refractivity contribution in [2.75, 3.05) is 13.6 Å². The van der Waals surface area contributed by atoms with E-state index in [1.165, 1.54) is 19.3 Å². The van der Waals surface area contributed by atoms with Gasteiger partial charge >= 0.3 is 0 Å². The summed E-state index contributed by atoms with van der Waals surface area (Å²) in [4.78, 5) is 0. The van der Waals surface area contributed by atoms with Crippen molar-refractivity contribution in [3.63, 3.8) is 0 Å². The van der Waals surface area contributed by atoms with Gasteiger partial charge < -0.3 is 5.32 Å². The monoisotopic (exact) mass is 179 g/mol. The molecule has 2 unspecified atom stereocenters. The average Bonchev–Trinajstić information content (AvgIpc) is 2.84. The molecule has 1 rings (SSSR count). The van der Waals surface area contributed by atoms with Crippen LogP contribution in [0.15, 0.2) is 0 Å². The van der Waals surface area contributed by atoms with E-state index in [1.807, 2.05) is 7.05 Å². The summed E-state index contributed by atoms with van der Waals surface area (Å²) in [7, 11) is 1.97. The van der Waals surface area contributed by atoms with Gasteiger partial charge in [0.25, 0.3) is 0 Å². The van der Waals surface area contributed by atoms with Gasteiger partial charge in [-0.1, -0.05) is 19.8 Å². The Balaban J connectivity index is 1.97. The van der Waals surface area contributed by atoms with E-state index in [4.69, 9.17) is 0 Å². The zero-order chi connectivity index (χ0) is 9.52. The first-order valence-electron chi connectivity index (χ1n) is 5.48. The Labute approximate surface area is 82.3 Å². The van der Waals surface area contributed by atoms with E-state index in [0.29, 0.717) is 0 Å². The minimum Gasteiger partial charge on any atom is -0.319 e. The van der Waals surface area contributed by atoms with Crippen LogP contribution in [0.4, 0.5) is 0 Å². The SMILES string of the molecule is CCCC1CC1CC#CCCNC. The fraction of sp³-hybridized carbons (Fsp3) is 0.833. The summed E-state index contributed by atoms with van der Waals surface area (Å²) in [5, 5.41) is 3.10. The normalized spacial score (nSPS) is 25.1. The third-order valence-electron chi connectivity index (χ3n) is 2.72. The van der Waals surface area contributed by atoms with Crippen molar-refractivity contribution >= 4 is 0 Å². The van der Waals surface area contributed by atoms with Crippen LogP contribution in [0.2, 0.25) is 0 Å². The number of nitrogens with one attached hydrogen (secondary N) is 1. The molecule has 0 bridgehead atoms. The van der Waals surface area contributed by atoms with Crippen molar-refractivity contribution in [1.29, 1.82) is 0 Å². The molecule has 0 radical (unpaired) electrons. The molecule has 1 aliphatic rings. The van der Waals surface area contributed by atoms with Crippen molar-refractivity contribution in [2.24, 2.45) is 11.8 Å². The molecule has 0 aromatic rings. The third-order valence-corrected chi connectivity index (χ3v) is 2.72. The van der Waals surface area contributed by atoms with E-state index in [2.05, 4.69) is 24.1 Å². The van der Waals surface area contributed by atoms with Gasteiger partial charge in [-0.25, -0.2) is 0 Å². The zero-order valence-corrected chi connectivity index (χ0v) is 8.90. The maximum absolute atomic E-state index is 3.28. The molecule has 74 valence electrons. The van der Waals surface area contributed by atoms with Crippen LogP contribution in [0.5, 0.6) is 0 Å².